The monoisotopic (exact) mass is 1060 g/mol. The molecule has 1 aromatic carbocycles. The third-order valence-corrected chi connectivity index (χ3v) is 12.1. The summed E-state index contributed by atoms with van der Waals surface area (Å²) in [5.41, 5.74) is 18.1. The molecular weight excluding hydrogens is 979 g/mol. The molecule has 2 rings (SSSR count). The molecule has 1 aliphatic heterocycles. The molecule has 10 amide bonds. The van der Waals surface area contributed by atoms with E-state index in [0.29, 0.717) is 12.0 Å². The number of carbonyl (C=O) groups excluding carboxylic acids is 10. The second-order valence-electron chi connectivity index (χ2n) is 19.1. The number of aliphatic hydroxyl groups excluding tert-OH is 3. The van der Waals surface area contributed by atoms with E-state index in [2.05, 4.69) is 53.2 Å². The van der Waals surface area contributed by atoms with E-state index >= 15 is 0 Å². The zero-order valence-electron chi connectivity index (χ0n) is 43.8. The predicted molar refractivity (Wildman–Crippen MR) is 275 cm³/mol. The van der Waals surface area contributed by atoms with Crippen molar-refractivity contribution in [1.29, 1.82) is 0 Å². The van der Waals surface area contributed by atoms with Gasteiger partial charge in [0.1, 0.15) is 54.4 Å². The van der Waals surface area contributed by atoms with Gasteiger partial charge in [0.15, 0.2) is 0 Å². The number of hydrogen-bond donors (Lipinski definition) is 16. The van der Waals surface area contributed by atoms with Crippen molar-refractivity contribution in [3.8, 4) is 0 Å². The van der Waals surface area contributed by atoms with Gasteiger partial charge in [-0.05, 0) is 83.5 Å². The molecule has 0 unspecified atom stereocenters. The van der Waals surface area contributed by atoms with Gasteiger partial charge in [-0.15, -0.1) is 0 Å². The molecule has 1 fully saturated rings. The average Bonchev–Trinajstić information content (AvgIpc) is 3.35. The van der Waals surface area contributed by atoms with E-state index in [1.807, 2.05) is 6.92 Å². The van der Waals surface area contributed by atoms with Crippen molar-refractivity contribution in [2.75, 3.05) is 32.8 Å². The Balaban J connectivity index is 2.69. The van der Waals surface area contributed by atoms with Gasteiger partial charge in [0.05, 0.1) is 18.8 Å². The van der Waals surface area contributed by atoms with Gasteiger partial charge < -0.3 is 85.7 Å². The standard InChI is InChI=1S/C49H83N13O13/c1-6-7-8-12-15-38(66)61-40(29(5)65)49(75)60-37(26-63)47(73)57-34-19-23-53-48(74)39(28(4)64)62-44(70)33(18-22-52)55-41(67)31(16-20-50)56-45(71)35(24-27(2)3)58-46(72)36(25-30-13-10-9-11-14-30)59-42(68)32(17-21-51)54-43(34)69/h9-11,13-14,27-29,31-37,39-40,63-65H,6-8,12,15-26,50-52H2,1-5H3,(H,53,74)(H,54,69)(H,55,67)(H,56,71)(H,57,73)(H,58,72)(H,59,68)(H,60,75)(H,61,66)(H,62,70)/t28-,29-,31+,32+,33+,34+,35+,36-,37-,39+,40+/m1/s1. The number of nitrogens with two attached hydrogens (primary N) is 3. The van der Waals surface area contributed by atoms with E-state index in [-0.39, 0.29) is 64.1 Å². The van der Waals surface area contributed by atoms with E-state index < -0.39 is 145 Å². The van der Waals surface area contributed by atoms with Crippen molar-refractivity contribution in [2.24, 2.45) is 23.1 Å². The zero-order chi connectivity index (χ0) is 56.2. The first kappa shape index (κ1) is 64.8. The number of nitrogens with one attached hydrogen (secondary N) is 10. The molecule has 422 valence electrons. The highest BCUT2D eigenvalue weighted by Gasteiger charge is 2.37. The van der Waals surface area contributed by atoms with E-state index in [1.165, 1.54) is 13.8 Å². The Morgan fingerprint density at radius 3 is 1.65 bits per heavy atom. The minimum absolute atomic E-state index is 0.0538. The van der Waals surface area contributed by atoms with Crippen molar-refractivity contribution in [3.63, 3.8) is 0 Å². The van der Waals surface area contributed by atoms with Gasteiger partial charge in [-0.1, -0.05) is 70.4 Å². The molecule has 1 aromatic rings. The summed E-state index contributed by atoms with van der Waals surface area (Å²) < 4.78 is 0. The fourth-order valence-electron chi connectivity index (χ4n) is 7.90. The second kappa shape index (κ2) is 34.3. The zero-order valence-corrected chi connectivity index (χ0v) is 43.8. The molecule has 0 radical (unpaired) electrons. The molecule has 26 heteroatoms. The Morgan fingerprint density at radius 1 is 0.640 bits per heavy atom. The highest BCUT2D eigenvalue weighted by molar-refractivity contribution is 5.99. The molecule has 0 spiro atoms. The lowest BCUT2D eigenvalue weighted by atomic mass is 10.00. The van der Waals surface area contributed by atoms with Gasteiger partial charge in [-0.2, -0.15) is 0 Å². The van der Waals surface area contributed by atoms with Gasteiger partial charge >= 0.3 is 0 Å². The van der Waals surface area contributed by atoms with Gasteiger partial charge in [0.25, 0.3) is 0 Å². The predicted octanol–water partition coefficient (Wildman–Crippen LogP) is -5.07. The maximum absolute atomic E-state index is 14.3. The fraction of sp³-hybridized carbons (Fsp3) is 0.673. The molecule has 75 heavy (non-hydrogen) atoms. The molecule has 19 N–H and O–H groups in total. The first-order valence-electron chi connectivity index (χ1n) is 25.7. The Morgan fingerprint density at radius 2 is 1.15 bits per heavy atom. The summed E-state index contributed by atoms with van der Waals surface area (Å²) in [5.74, 6) is -9.31. The lowest BCUT2D eigenvalue weighted by Crippen LogP contribution is -2.61. The molecule has 0 aliphatic carbocycles. The maximum Gasteiger partial charge on any atom is 0.245 e. The summed E-state index contributed by atoms with van der Waals surface area (Å²) in [5, 5.41) is 56.4. The number of unbranched alkanes of at least 4 members (excludes halogenated alkanes) is 3. The van der Waals surface area contributed by atoms with Crippen LogP contribution in [0.3, 0.4) is 0 Å². The lowest BCUT2D eigenvalue weighted by molar-refractivity contribution is -0.137. The van der Waals surface area contributed by atoms with Crippen LogP contribution in [0.1, 0.15) is 104 Å². The Kier molecular flexibility index (Phi) is 29.6. The molecule has 0 aromatic heterocycles. The Hall–Kier alpha value is -6.32. The quantitative estimate of drug-likeness (QED) is 0.0456. The first-order valence-corrected chi connectivity index (χ1v) is 25.7. The molecule has 26 nitrogen and oxygen atoms in total. The molecule has 1 saturated heterocycles. The average molecular weight is 1060 g/mol. The molecule has 0 bridgehead atoms. The summed E-state index contributed by atoms with van der Waals surface area (Å²) in [4.78, 5) is 138. The molecular formula is C49H83N13O13. The van der Waals surface area contributed by atoms with Crippen LogP contribution in [0.5, 0.6) is 0 Å². The summed E-state index contributed by atoms with van der Waals surface area (Å²) in [6.07, 6.45) is -0.891. The van der Waals surface area contributed by atoms with Crippen LogP contribution in [0, 0.1) is 5.92 Å². The van der Waals surface area contributed by atoms with Gasteiger partial charge in [0, 0.05) is 19.4 Å². The van der Waals surface area contributed by atoms with Crippen LogP contribution >= 0.6 is 0 Å². The van der Waals surface area contributed by atoms with Crippen molar-refractivity contribution in [1.82, 2.24) is 53.2 Å². The van der Waals surface area contributed by atoms with Crippen LogP contribution in [0.4, 0.5) is 0 Å². The number of rotatable bonds is 23. The minimum Gasteiger partial charge on any atom is -0.394 e. The topological polar surface area (TPSA) is 430 Å². The van der Waals surface area contributed by atoms with Crippen LogP contribution < -0.4 is 70.4 Å². The van der Waals surface area contributed by atoms with Crippen LogP contribution in [0.2, 0.25) is 0 Å². The van der Waals surface area contributed by atoms with Crippen molar-refractivity contribution >= 4 is 59.1 Å². The van der Waals surface area contributed by atoms with Crippen LogP contribution in [-0.2, 0) is 54.4 Å². The summed E-state index contributed by atoms with van der Waals surface area (Å²) in [6.45, 7) is 6.06. The van der Waals surface area contributed by atoms with Crippen molar-refractivity contribution in [2.45, 2.75) is 172 Å². The van der Waals surface area contributed by atoms with E-state index in [4.69, 9.17) is 17.2 Å². The molecule has 0 saturated carbocycles. The van der Waals surface area contributed by atoms with Crippen molar-refractivity contribution < 1.29 is 63.3 Å². The van der Waals surface area contributed by atoms with E-state index in [1.54, 1.807) is 44.2 Å². The first-order chi connectivity index (χ1) is 35.6. The normalized spacial score (nSPS) is 23.6. The minimum atomic E-state index is -1.79. The number of hydrogen-bond acceptors (Lipinski definition) is 16. The largest absolute Gasteiger partial charge is 0.394 e. The molecule has 11 atom stereocenters. The maximum atomic E-state index is 14.3. The van der Waals surface area contributed by atoms with Crippen LogP contribution in [0.15, 0.2) is 30.3 Å². The molecule has 1 aliphatic rings. The third-order valence-electron chi connectivity index (χ3n) is 12.1. The second-order valence-corrected chi connectivity index (χ2v) is 19.1. The Bertz CT molecular complexity index is 2030. The number of benzene rings is 1. The fourth-order valence-corrected chi connectivity index (χ4v) is 7.90. The van der Waals surface area contributed by atoms with Crippen LogP contribution in [-0.4, -0.2) is 174 Å². The number of carbonyl (C=O) groups is 10. The highest BCUT2D eigenvalue weighted by atomic mass is 16.3. The summed E-state index contributed by atoms with van der Waals surface area (Å²) in [7, 11) is 0. The number of amides is 10. The van der Waals surface area contributed by atoms with Gasteiger partial charge in [-0.3, -0.25) is 47.9 Å². The van der Waals surface area contributed by atoms with E-state index in [9.17, 15) is 63.3 Å². The number of aliphatic hydroxyl groups is 3. The van der Waals surface area contributed by atoms with Gasteiger partial charge in [0.2, 0.25) is 59.1 Å². The smallest absolute Gasteiger partial charge is 0.245 e. The summed E-state index contributed by atoms with van der Waals surface area (Å²) >= 11 is 0. The van der Waals surface area contributed by atoms with Crippen LogP contribution in [0.25, 0.3) is 0 Å². The third kappa shape index (κ3) is 23.0. The van der Waals surface area contributed by atoms with Gasteiger partial charge in [-0.25, -0.2) is 0 Å². The molecule has 1 heterocycles. The van der Waals surface area contributed by atoms with E-state index in [0.717, 1.165) is 19.3 Å². The van der Waals surface area contributed by atoms with Crippen molar-refractivity contribution in [3.05, 3.63) is 35.9 Å². The lowest BCUT2D eigenvalue weighted by Gasteiger charge is -2.28. The SMILES string of the molecule is CCCCCCC(=O)N[C@H](C(=O)N[C@H](CO)C(=O)N[C@H]1CCNC(=O)[C@H]([C@@H](C)O)NC(=O)[C@H](CCN)NC(=O)[C@H](CCN)NC(=O)[C@H](CC(C)C)NC(=O)[C@@H](Cc2ccccc2)NC(=O)[C@H](CCN)NC1=O)[C@@H](C)O. The Labute approximate surface area is 438 Å². The highest BCUT2D eigenvalue weighted by Crippen LogP contribution is 2.11. The summed E-state index contributed by atoms with van der Waals surface area (Å²) in [6, 6.07) is -5.06.